The maximum absolute atomic E-state index is 11.8. The van der Waals surface area contributed by atoms with Crippen LogP contribution in [0.25, 0.3) is 0 Å². The van der Waals surface area contributed by atoms with E-state index in [4.69, 9.17) is 5.73 Å². The second kappa shape index (κ2) is 16.3. The van der Waals surface area contributed by atoms with E-state index in [1.54, 1.807) is 0 Å². The highest BCUT2D eigenvalue weighted by Crippen LogP contribution is 2.12. The van der Waals surface area contributed by atoms with Crippen molar-refractivity contribution in [2.45, 2.75) is 109 Å². The fourth-order valence-electron chi connectivity index (χ4n) is 2.84. The Bertz CT molecular complexity index is 272. The van der Waals surface area contributed by atoms with Crippen molar-refractivity contribution in [3.63, 3.8) is 0 Å². The van der Waals surface area contributed by atoms with Crippen LogP contribution in [0.3, 0.4) is 0 Å². The minimum atomic E-state index is -0.499. The van der Waals surface area contributed by atoms with Crippen molar-refractivity contribution in [1.82, 2.24) is 5.32 Å². The summed E-state index contributed by atoms with van der Waals surface area (Å²) in [6.07, 6.45) is 13.8. The zero-order valence-corrected chi connectivity index (χ0v) is 15.5. The summed E-state index contributed by atoms with van der Waals surface area (Å²) in [7, 11) is 0. The van der Waals surface area contributed by atoms with E-state index in [0.717, 1.165) is 25.7 Å². The largest absolute Gasteiger partial charge is 0.393 e. The second-order valence-corrected chi connectivity index (χ2v) is 6.87. The Morgan fingerprint density at radius 1 is 0.957 bits per heavy atom. The van der Waals surface area contributed by atoms with Gasteiger partial charge in [0.2, 0.25) is 5.91 Å². The van der Waals surface area contributed by atoms with Gasteiger partial charge in [0.15, 0.2) is 0 Å². The first-order valence-electron chi connectivity index (χ1n) is 9.77. The lowest BCUT2D eigenvalue weighted by molar-refractivity contribution is -0.123. The first-order chi connectivity index (χ1) is 11.1. The summed E-state index contributed by atoms with van der Waals surface area (Å²) in [6.45, 7) is 4.88. The third-order valence-electron chi connectivity index (χ3n) is 4.31. The van der Waals surface area contributed by atoms with Crippen molar-refractivity contribution in [2.24, 2.45) is 5.73 Å². The van der Waals surface area contributed by atoms with Crippen molar-refractivity contribution in [3.8, 4) is 0 Å². The summed E-state index contributed by atoms with van der Waals surface area (Å²) >= 11 is 0. The number of aliphatic hydroxyl groups excluding tert-OH is 1. The third-order valence-corrected chi connectivity index (χ3v) is 4.31. The van der Waals surface area contributed by atoms with E-state index in [1.165, 1.54) is 51.4 Å². The molecule has 0 aliphatic carbocycles. The highest BCUT2D eigenvalue weighted by molar-refractivity contribution is 5.76. The molecule has 4 heteroatoms. The average Bonchev–Trinajstić information content (AvgIpc) is 2.51. The molecule has 0 fully saturated rings. The van der Waals surface area contributed by atoms with Gasteiger partial charge >= 0.3 is 0 Å². The first-order valence-corrected chi connectivity index (χ1v) is 9.77. The maximum atomic E-state index is 11.8. The van der Waals surface area contributed by atoms with Crippen molar-refractivity contribution >= 4 is 5.91 Å². The molecule has 2 atom stereocenters. The quantitative estimate of drug-likeness (QED) is 0.376. The zero-order valence-electron chi connectivity index (χ0n) is 15.5. The van der Waals surface area contributed by atoms with E-state index in [0.29, 0.717) is 6.54 Å². The molecule has 4 nitrogen and oxygen atoms in total. The molecule has 0 aliphatic rings. The highest BCUT2D eigenvalue weighted by Gasteiger charge is 2.12. The zero-order chi connectivity index (χ0) is 17.3. The number of nitrogens with two attached hydrogens (primary N) is 1. The molecule has 0 saturated heterocycles. The predicted molar refractivity (Wildman–Crippen MR) is 98.4 cm³/mol. The molecular formula is C19H40N2O2. The van der Waals surface area contributed by atoms with E-state index in [1.807, 2.05) is 6.92 Å². The molecule has 0 radical (unpaired) electrons. The molecule has 0 spiro atoms. The van der Waals surface area contributed by atoms with Crippen LogP contribution in [-0.4, -0.2) is 29.7 Å². The van der Waals surface area contributed by atoms with Crippen molar-refractivity contribution < 1.29 is 9.90 Å². The fraction of sp³-hybridized carbons (Fsp3) is 0.947. The molecule has 0 unspecified atom stereocenters. The van der Waals surface area contributed by atoms with Gasteiger partial charge in [-0.25, -0.2) is 0 Å². The molecular weight excluding hydrogens is 288 g/mol. The van der Waals surface area contributed by atoms with Crippen molar-refractivity contribution in [2.75, 3.05) is 6.54 Å². The van der Waals surface area contributed by atoms with Crippen molar-refractivity contribution in [3.05, 3.63) is 0 Å². The number of aliphatic hydroxyl groups is 1. The smallest absolute Gasteiger partial charge is 0.222 e. The Kier molecular flexibility index (Phi) is 15.8. The van der Waals surface area contributed by atoms with Crippen LogP contribution in [0.4, 0.5) is 0 Å². The number of hydrogen-bond donors (Lipinski definition) is 3. The summed E-state index contributed by atoms with van der Waals surface area (Å²) in [5.41, 5.74) is 5.46. The standard InChI is InChI=1S/C19H40N2O2/c1-3-4-5-6-7-8-9-10-11-14-18(22)16-19(23)21-17(2)13-12-15-20/h17-18,22H,3-16,20H2,1-2H3,(H,21,23)/t17-,18-/m1/s1. The lowest BCUT2D eigenvalue weighted by Crippen LogP contribution is -2.35. The van der Waals surface area contributed by atoms with Gasteiger partial charge in [-0.2, -0.15) is 0 Å². The molecule has 4 N–H and O–H groups in total. The number of nitrogens with one attached hydrogen (secondary N) is 1. The highest BCUT2D eigenvalue weighted by atomic mass is 16.3. The van der Waals surface area contributed by atoms with E-state index < -0.39 is 6.10 Å². The van der Waals surface area contributed by atoms with Crippen LogP contribution in [0.5, 0.6) is 0 Å². The molecule has 0 heterocycles. The number of carbonyl (C=O) groups excluding carboxylic acids is 1. The molecule has 0 aromatic rings. The Labute approximate surface area is 143 Å². The third kappa shape index (κ3) is 16.0. The van der Waals surface area contributed by atoms with Gasteiger partial charge in [-0.05, 0) is 32.7 Å². The van der Waals surface area contributed by atoms with Gasteiger partial charge in [0.05, 0.1) is 12.5 Å². The lowest BCUT2D eigenvalue weighted by Gasteiger charge is -2.15. The van der Waals surface area contributed by atoms with Gasteiger partial charge in [-0.3, -0.25) is 4.79 Å². The first kappa shape index (κ1) is 22.4. The van der Waals surface area contributed by atoms with Gasteiger partial charge in [0, 0.05) is 6.04 Å². The van der Waals surface area contributed by atoms with Gasteiger partial charge in [-0.1, -0.05) is 64.7 Å². The molecule has 0 aromatic carbocycles. The topological polar surface area (TPSA) is 75.3 Å². The molecule has 0 rings (SSSR count). The van der Waals surface area contributed by atoms with Gasteiger partial charge < -0.3 is 16.2 Å². The Morgan fingerprint density at radius 2 is 1.52 bits per heavy atom. The average molecular weight is 329 g/mol. The Morgan fingerprint density at radius 3 is 2.09 bits per heavy atom. The van der Waals surface area contributed by atoms with E-state index >= 15 is 0 Å². The Hall–Kier alpha value is -0.610. The number of unbranched alkanes of at least 4 members (excludes halogenated alkanes) is 8. The van der Waals surface area contributed by atoms with Crippen molar-refractivity contribution in [1.29, 1.82) is 0 Å². The molecule has 0 aliphatic heterocycles. The predicted octanol–water partition coefficient (Wildman–Crippen LogP) is 3.90. The van der Waals surface area contributed by atoms with E-state index in [9.17, 15) is 9.90 Å². The van der Waals surface area contributed by atoms with Crippen LogP contribution < -0.4 is 11.1 Å². The fourth-order valence-corrected chi connectivity index (χ4v) is 2.84. The SMILES string of the molecule is CCCCCCCCCCC[C@@H](O)CC(=O)N[C@H](C)CCCN. The normalized spacial score (nSPS) is 13.7. The second-order valence-electron chi connectivity index (χ2n) is 6.87. The molecule has 0 aromatic heterocycles. The maximum Gasteiger partial charge on any atom is 0.222 e. The van der Waals surface area contributed by atoms with Crippen LogP contribution in [0.15, 0.2) is 0 Å². The number of hydrogen-bond acceptors (Lipinski definition) is 3. The minimum absolute atomic E-state index is 0.0436. The summed E-state index contributed by atoms with van der Waals surface area (Å²) < 4.78 is 0. The van der Waals surface area contributed by atoms with Crippen LogP contribution >= 0.6 is 0 Å². The van der Waals surface area contributed by atoms with Gasteiger partial charge in [0.25, 0.3) is 0 Å². The van der Waals surface area contributed by atoms with Crippen LogP contribution in [0.2, 0.25) is 0 Å². The molecule has 23 heavy (non-hydrogen) atoms. The van der Waals surface area contributed by atoms with Gasteiger partial charge in [-0.15, -0.1) is 0 Å². The van der Waals surface area contributed by atoms with Gasteiger partial charge in [0.1, 0.15) is 0 Å². The minimum Gasteiger partial charge on any atom is -0.393 e. The summed E-state index contributed by atoms with van der Waals surface area (Å²) in [5, 5.41) is 12.9. The number of amides is 1. The summed E-state index contributed by atoms with van der Waals surface area (Å²) in [4.78, 5) is 11.8. The number of carbonyl (C=O) groups is 1. The lowest BCUT2D eigenvalue weighted by atomic mass is 10.0. The molecule has 0 saturated carbocycles. The molecule has 0 bridgehead atoms. The molecule has 138 valence electrons. The van der Waals surface area contributed by atoms with Crippen LogP contribution in [0.1, 0.15) is 97.3 Å². The summed E-state index contributed by atoms with van der Waals surface area (Å²) in [5.74, 6) is -0.0436. The molecule has 1 amide bonds. The number of rotatable bonds is 16. The Balaban J connectivity index is 3.45. The van der Waals surface area contributed by atoms with E-state index in [-0.39, 0.29) is 18.4 Å². The van der Waals surface area contributed by atoms with E-state index in [2.05, 4.69) is 12.2 Å². The van der Waals surface area contributed by atoms with Crippen LogP contribution in [-0.2, 0) is 4.79 Å². The summed E-state index contributed by atoms with van der Waals surface area (Å²) in [6, 6.07) is 0.144. The van der Waals surface area contributed by atoms with Crippen LogP contribution in [0, 0.1) is 0 Å². The monoisotopic (exact) mass is 328 g/mol.